The molecule has 1 aliphatic heterocycles. The standard InChI is InChI=1S/C17H15ClF2N2O/c18-12-4-6-16(22-7-1-2-8-22)15(10-12)21-17(23)11-3-5-13(19)14(20)9-11/h3-6,9-10H,1-2,7-8H2,(H,21,23). The first-order valence-electron chi connectivity index (χ1n) is 7.35. The molecule has 1 amide bonds. The predicted octanol–water partition coefficient (Wildman–Crippen LogP) is 4.47. The van der Waals surface area contributed by atoms with E-state index in [9.17, 15) is 13.6 Å². The van der Waals surface area contributed by atoms with Crippen LogP contribution in [0.5, 0.6) is 0 Å². The van der Waals surface area contributed by atoms with E-state index in [-0.39, 0.29) is 5.56 Å². The lowest BCUT2D eigenvalue weighted by molar-refractivity contribution is 0.102. The van der Waals surface area contributed by atoms with Gasteiger partial charge in [-0.1, -0.05) is 11.6 Å². The Labute approximate surface area is 137 Å². The molecular weight excluding hydrogens is 322 g/mol. The number of benzene rings is 2. The molecule has 3 rings (SSSR count). The van der Waals surface area contributed by atoms with Gasteiger partial charge in [0.25, 0.3) is 5.91 Å². The largest absolute Gasteiger partial charge is 0.370 e. The highest BCUT2D eigenvalue weighted by atomic mass is 35.5. The Bertz CT molecular complexity index is 745. The Morgan fingerprint density at radius 3 is 2.48 bits per heavy atom. The Hall–Kier alpha value is -2.14. The van der Waals surface area contributed by atoms with Crippen molar-refractivity contribution in [2.24, 2.45) is 0 Å². The minimum absolute atomic E-state index is 0.0521. The van der Waals surface area contributed by atoms with Crippen LogP contribution in [0.3, 0.4) is 0 Å². The third kappa shape index (κ3) is 3.45. The lowest BCUT2D eigenvalue weighted by atomic mass is 10.2. The molecule has 1 fully saturated rings. The van der Waals surface area contributed by atoms with Crippen molar-refractivity contribution in [3.8, 4) is 0 Å². The van der Waals surface area contributed by atoms with Gasteiger partial charge >= 0.3 is 0 Å². The van der Waals surface area contributed by atoms with E-state index < -0.39 is 17.5 Å². The molecule has 0 spiro atoms. The van der Waals surface area contributed by atoms with Crippen molar-refractivity contribution < 1.29 is 13.6 Å². The van der Waals surface area contributed by atoms with Crippen LogP contribution in [0.25, 0.3) is 0 Å². The fraction of sp³-hybridized carbons (Fsp3) is 0.235. The maximum Gasteiger partial charge on any atom is 0.255 e. The molecule has 120 valence electrons. The molecule has 2 aromatic carbocycles. The highest BCUT2D eigenvalue weighted by Crippen LogP contribution is 2.32. The van der Waals surface area contributed by atoms with Gasteiger partial charge in [-0.15, -0.1) is 0 Å². The number of carbonyl (C=O) groups is 1. The van der Waals surface area contributed by atoms with E-state index in [1.807, 2.05) is 6.07 Å². The second kappa shape index (κ2) is 6.54. The van der Waals surface area contributed by atoms with Crippen LogP contribution in [0, 0.1) is 11.6 Å². The number of nitrogens with zero attached hydrogens (tertiary/aromatic N) is 1. The van der Waals surface area contributed by atoms with Crippen LogP contribution in [0.4, 0.5) is 20.2 Å². The Morgan fingerprint density at radius 2 is 1.78 bits per heavy atom. The zero-order valence-corrected chi connectivity index (χ0v) is 13.0. The lowest BCUT2D eigenvalue weighted by Crippen LogP contribution is -2.21. The molecule has 0 radical (unpaired) electrons. The summed E-state index contributed by atoms with van der Waals surface area (Å²) in [7, 11) is 0. The number of nitrogens with one attached hydrogen (secondary N) is 1. The number of halogens is 3. The minimum Gasteiger partial charge on any atom is -0.370 e. The van der Waals surface area contributed by atoms with Crippen molar-refractivity contribution in [2.45, 2.75) is 12.8 Å². The summed E-state index contributed by atoms with van der Waals surface area (Å²) in [6.07, 6.45) is 2.19. The Balaban J connectivity index is 1.87. The number of hydrogen-bond acceptors (Lipinski definition) is 2. The molecule has 0 aromatic heterocycles. The van der Waals surface area contributed by atoms with Gasteiger partial charge in [-0.05, 0) is 49.2 Å². The third-order valence-corrected chi connectivity index (χ3v) is 4.07. The van der Waals surface area contributed by atoms with Gasteiger partial charge in [0.15, 0.2) is 11.6 Å². The molecule has 1 saturated heterocycles. The fourth-order valence-corrected chi connectivity index (χ4v) is 2.85. The average molecular weight is 337 g/mol. The van der Waals surface area contributed by atoms with Gasteiger partial charge in [-0.3, -0.25) is 4.79 Å². The molecule has 3 nitrogen and oxygen atoms in total. The SMILES string of the molecule is O=C(Nc1cc(Cl)ccc1N1CCCC1)c1ccc(F)c(F)c1. The van der Waals surface area contributed by atoms with E-state index >= 15 is 0 Å². The molecule has 2 aromatic rings. The summed E-state index contributed by atoms with van der Waals surface area (Å²) in [5.74, 6) is -2.54. The molecule has 23 heavy (non-hydrogen) atoms. The smallest absolute Gasteiger partial charge is 0.255 e. The molecule has 0 saturated carbocycles. The van der Waals surface area contributed by atoms with Gasteiger partial charge in [0, 0.05) is 23.7 Å². The van der Waals surface area contributed by atoms with E-state index in [1.165, 1.54) is 6.07 Å². The number of carbonyl (C=O) groups excluding carboxylic acids is 1. The van der Waals surface area contributed by atoms with E-state index in [4.69, 9.17) is 11.6 Å². The van der Waals surface area contributed by atoms with Gasteiger partial charge in [-0.25, -0.2) is 8.78 Å². The van der Waals surface area contributed by atoms with Gasteiger partial charge < -0.3 is 10.2 Å². The number of hydrogen-bond donors (Lipinski definition) is 1. The van der Waals surface area contributed by atoms with E-state index in [0.717, 1.165) is 43.8 Å². The summed E-state index contributed by atoms with van der Waals surface area (Å²) >= 11 is 6.02. The molecule has 0 bridgehead atoms. The van der Waals surface area contributed by atoms with Crippen LogP contribution < -0.4 is 10.2 Å². The first-order valence-corrected chi connectivity index (χ1v) is 7.73. The van der Waals surface area contributed by atoms with Crippen LogP contribution >= 0.6 is 11.6 Å². The van der Waals surface area contributed by atoms with Crippen LogP contribution in [0.2, 0.25) is 5.02 Å². The Morgan fingerprint density at radius 1 is 1.04 bits per heavy atom. The molecular formula is C17H15ClF2N2O. The molecule has 1 aliphatic rings. The van der Waals surface area contributed by atoms with E-state index in [1.54, 1.807) is 12.1 Å². The van der Waals surface area contributed by atoms with Crippen molar-refractivity contribution in [3.63, 3.8) is 0 Å². The van der Waals surface area contributed by atoms with Gasteiger partial charge in [0.05, 0.1) is 11.4 Å². The number of amides is 1. The topological polar surface area (TPSA) is 32.3 Å². The molecule has 0 unspecified atom stereocenters. The third-order valence-electron chi connectivity index (χ3n) is 3.84. The summed E-state index contributed by atoms with van der Waals surface area (Å²) in [5.41, 5.74) is 1.49. The zero-order chi connectivity index (χ0) is 16.4. The van der Waals surface area contributed by atoms with Gasteiger partial charge in [0.2, 0.25) is 0 Å². The van der Waals surface area contributed by atoms with Crippen LogP contribution in [-0.4, -0.2) is 19.0 Å². The predicted molar refractivity (Wildman–Crippen MR) is 87.2 cm³/mol. The van der Waals surface area contributed by atoms with Crippen molar-refractivity contribution in [1.29, 1.82) is 0 Å². The first-order chi connectivity index (χ1) is 11.0. The Kier molecular flexibility index (Phi) is 4.48. The molecule has 1 N–H and O–H groups in total. The molecule has 0 atom stereocenters. The summed E-state index contributed by atoms with van der Waals surface area (Å²) < 4.78 is 26.3. The van der Waals surface area contributed by atoms with E-state index in [0.29, 0.717) is 10.7 Å². The summed E-state index contributed by atoms with van der Waals surface area (Å²) in [6.45, 7) is 1.82. The van der Waals surface area contributed by atoms with Crippen LogP contribution in [0.1, 0.15) is 23.2 Å². The van der Waals surface area contributed by atoms with Crippen molar-refractivity contribution in [3.05, 3.63) is 58.6 Å². The maximum absolute atomic E-state index is 13.3. The summed E-state index contributed by atoms with van der Waals surface area (Å²) in [4.78, 5) is 14.5. The van der Waals surface area contributed by atoms with Crippen molar-refractivity contribution >= 4 is 28.9 Å². The zero-order valence-electron chi connectivity index (χ0n) is 12.3. The minimum atomic E-state index is -1.05. The van der Waals surface area contributed by atoms with Crippen molar-refractivity contribution in [1.82, 2.24) is 0 Å². The lowest BCUT2D eigenvalue weighted by Gasteiger charge is -2.22. The molecule has 1 heterocycles. The quantitative estimate of drug-likeness (QED) is 0.896. The highest BCUT2D eigenvalue weighted by molar-refractivity contribution is 6.31. The second-order valence-corrected chi connectivity index (χ2v) is 5.88. The number of rotatable bonds is 3. The monoisotopic (exact) mass is 336 g/mol. The summed E-state index contributed by atoms with van der Waals surface area (Å²) in [5, 5.41) is 3.23. The number of anilines is 2. The van der Waals surface area contributed by atoms with Crippen LogP contribution in [-0.2, 0) is 0 Å². The van der Waals surface area contributed by atoms with E-state index in [2.05, 4.69) is 10.2 Å². The molecule has 6 heteroatoms. The average Bonchev–Trinajstić information content (AvgIpc) is 3.04. The summed E-state index contributed by atoms with van der Waals surface area (Å²) in [6, 6.07) is 8.34. The van der Waals surface area contributed by atoms with Gasteiger partial charge in [0.1, 0.15) is 0 Å². The maximum atomic E-state index is 13.3. The normalized spacial score (nSPS) is 14.1. The first kappa shape index (κ1) is 15.7. The van der Waals surface area contributed by atoms with Crippen LogP contribution in [0.15, 0.2) is 36.4 Å². The van der Waals surface area contributed by atoms with Crippen molar-refractivity contribution in [2.75, 3.05) is 23.3 Å². The fourth-order valence-electron chi connectivity index (χ4n) is 2.67. The molecule has 0 aliphatic carbocycles. The highest BCUT2D eigenvalue weighted by Gasteiger charge is 2.18. The van der Waals surface area contributed by atoms with Gasteiger partial charge in [-0.2, -0.15) is 0 Å². The second-order valence-electron chi connectivity index (χ2n) is 5.44.